The van der Waals surface area contributed by atoms with Gasteiger partial charge in [0.15, 0.2) is 8.32 Å². The van der Waals surface area contributed by atoms with Gasteiger partial charge in [-0.3, -0.25) is 0 Å². The van der Waals surface area contributed by atoms with Crippen LogP contribution in [0.15, 0.2) is 30.3 Å². The molecule has 0 fully saturated rings. The lowest BCUT2D eigenvalue weighted by Crippen LogP contribution is -2.63. The van der Waals surface area contributed by atoms with Crippen molar-refractivity contribution >= 4 is 22.0 Å². The minimum Gasteiger partial charge on any atom is -0.440 e. The Balaban J connectivity index is 2.85. The zero-order chi connectivity index (χ0) is 11.5. The molecular formula is C10H20N2OSi2. The average molecular weight is 240 g/mol. The number of nitrogens with two attached hydrogens (primary N) is 2. The summed E-state index contributed by atoms with van der Waals surface area (Å²) < 4.78 is 6.09. The zero-order valence-corrected chi connectivity index (χ0v) is 11.7. The Morgan fingerprint density at radius 2 is 1.67 bits per heavy atom. The molecule has 0 aromatic heterocycles. The Hall–Kier alpha value is -0.466. The Labute approximate surface area is 93.8 Å². The minimum atomic E-state index is -2.25. The van der Waals surface area contributed by atoms with Crippen LogP contribution in [0.2, 0.25) is 19.6 Å². The van der Waals surface area contributed by atoms with Crippen LogP contribution in [0.25, 0.3) is 0 Å². The third-order valence-corrected chi connectivity index (χ3v) is 8.70. The van der Waals surface area contributed by atoms with E-state index in [9.17, 15) is 0 Å². The van der Waals surface area contributed by atoms with Crippen molar-refractivity contribution in [1.29, 1.82) is 0 Å². The maximum atomic E-state index is 6.30. The third-order valence-electron chi connectivity index (χ3n) is 2.33. The van der Waals surface area contributed by atoms with Gasteiger partial charge in [0.2, 0.25) is 0 Å². The second-order valence-corrected chi connectivity index (χ2v) is 12.1. The molecular weight excluding hydrogens is 220 g/mol. The van der Waals surface area contributed by atoms with Gasteiger partial charge >= 0.3 is 0 Å². The summed E-state index contributed by atoms with van der Waals surface area (Å²) in [6, 6.07) is 10.0. The van der Waals surface area contributed by atoms with Crippen molar-refractivity contribution in [2.75, 3.05) is 6.17 Å². The normalized spacial score (nSPS) is 16.1. The van der Waals surface area contributed by atoms with E-state index in [1.165, 1.54) is 0 Å². The van der Waals surface area contributed by atoms with E-state index in [-0.39, 0.29) is 0 Å². The van der Waals surface area contributed by atoms with Gasteiger partial charge in [0.1, 0.15) is 0 Å². The first-order valence-electron chi connectivity index (χ1n) is 5.12. The van der Waals surface area contributed by atoms with E-state index in [0.29, 0.717) is 6.17 Å². The molecule has 0 aliphatic heterocycles. The summed E-state index contributed by atoms with van der Waals surface area (Å²) in [6.07, 6.45) is 0.611. The molecule has 0 aliphatic carbocycles. The van der Waals surface area contributed by atoms with Gasteiger partial charge in [0, 0.05) is 6.17 Å². The molecule has 0 saturated carbocycles. The first-order valence-corrected chi connectivity index (χ1v) is 10.7. The van der Waals surface area contributed by atoms with E-state index in [4.69, 9.17) is 15.2 Å². The van der Waals surface area contributed by atoms with Crippen LogP contribution in [0.1, 0.15) is 0 Å². The van der Waals surface area contributed by atoms with Gasteiger partial charge in [0.25, 0.3) is 8.48 Å². The van der Waals surface area contributed by atoms with E-state index < -0.39 is 16.8 Å². The van der Waals surface area contributed by atoms with E-state index in [2.05, 4.69) is 13.1 Å². The van der Waals surface area contributed by atoms with Gasteiger partial charge < -0.3 is 15.2 Å². The Bertz CT molecular complexity index is 314. The highest BCUT2D eigenvalue weighted by Crippen LogP contribution is 2.09. The Morgan fingerprint density at radius 3 is 2.13 bits per heavy atom. The fraction of sp³-hybridized carbons (Fsp3) is 0.400. The number of hydrogen-bond donors (Lipinski definition) is 2. The predicted molar refractivity (Wildman–Crippen MR) is 69.5 cm³/mol. The first kappa shape index (κ1) is 12.6. The molecule has 0 aliphatic rings. The zero-order valence-electron chi connectivity index (χ0n) is 9.66. The molecule has 0 bridgehead atoms. The fourth-order valence-corrected chi connectivity index (χ4v) is 7.69. The molecule has 0 saturated heterocycles. The van der Waals surface area contributed by atoms with Crippen molar-refractivity contribution in [3.8, 4) is 0 Å². The van der Waals surface area contributed by atoms with Gasteiger partial charge in [-0.15, -0.1) is 0 Å². The fourth-order valence-electron chi connectivity index (χ4n) is 1.44. The maximum Gasteiger partial charge on any atom is 0.286 e. The molecule has 0 amide bonds. The first-order chi connectivity index (χ1) is 6.87. The van der Waals surface area contributed by atoms with Crippen molar-refractivity contribution in [2.24, 2.45) is 11.1 Å². The molecule has 0 heterocycles. The SMILES string of the molecule is C[Si](C)(CN)O[Si](C)(N)c1ccccc1. The molecule has 1 atom stereocenters. The molecule has 84 valence electrons. The van der Waals surface area contributed by atoms with Gasteiger partial charge in [0.05, 0.1) is 0 Å². The molecule has 0 spiro atoms. The van der Waals surface area contributed by atoms with E-state index in [1.807, 2.05) is 36.9 Å². The van der Waals surface area contributed by atoms with Crippen molar-refractivity contribution < 1.29 is 4.12 Å². The molecule has 15 heavy (non-hydrogen) atoms. The maximum absolute atomic E-state index is 6.30. The van der Waals surface area contributed by atoms with E-state index >= 15 is 0 Å². The van der Waals surface area contributed by atoms with Crippen LogP contribution in [-0.4, -0.2) is 23.0 Å². The summed E-state index contributed by atoms with van der Waals surface area (Å²) in [4.78, 5) is 0. The van der Waals surface area contributed by atoms with Crippen molar-refractivity contribution in [3.63, 3.8) is 0 Å². The summed E-state index contributed by atoms with van der Waals surface area (Å²) in [5.41, 5.74) is 5.69. The summed E-state index contributed by atoms with van der Waals surface area (Å²) in [6.45, 7) is 6.23. The Kier molecular flexibility index (Phi) is 3.85. The highest BCUT2D eigenvalue weighted by molar-refractivity contribution is 6.91. The minimum absolute atomic E-state index is 0.611. The monoisotopic (exact) mass is 240 g/mol. The van der Waals surface area contributed by atoms with Gasteiger partial charge in [-0.1, -0.05) is 30.3 Å². The topological polar surface area (TPSA) is 61.3 Å². The molecule has 1 rings (SSSR count). The Morgan fingerprint density at radius 1 is 1.13 bits per heavy atom. The largest absolute Gasteiger partial charge is 0.440 e. The van der Waals surface area contributed by atoms with Gasteiger partial charge in [-0.05, 0) is 24.8 Å². The summed E-state index contributed by atoms with van der Waals surface area (Å²) in [5, 5.41) is 7.42. The lowest BCUT2D eigenvalue weighted by molar-refractivity contribution is 0.551. The van der Waals surface area contributed by atoms with E-state index in [1.54, 1.807) is 0 Å². The average Bonchev–Trinajstić information content (AvgIpc) is 2.18. The van der Waals surface area contributed by atoms with Crippen LogP contribution in [0.5, 0.6) is 0 Å². The van der Waals surface area contributed by atoms with Crippen LogP contribution in [0.3, 0.4) is 0 Å². The smallest absolute Gasteiger partial charge is 0.286 e. The second-order valence-electron chi connectivity index (χ2n) is 4.54. The molecule has 1 unspecified atom stereocenters. The molecule has 4 N–H and O–H groups in total. The third kappa shape index (κ3) is 3.55. The van der Waals surface area contributed by atoms with Crippen LogP contribution in [0.4, 0.5) is 0 Å². The van der Waals surface area contributed by atoms with E-state index in [0.717, 1.165) is 5.19 Å². The van der Waals surface area contributed by atoms with Crippen molar-refractivity contribution in [2.45, 2.75) is 19.6 Å². The van der Waals surface area contributed by atoms with Gasteiger partial charge in [-0.25, -0.2) is 0 Å². The lowest BCUT2D eigenvalue weighted by Gasteiger charge is -2.32. The quantitative estimate of drug-likeness (QED) is 0.760. The highest BCUT2D eigenvalue weighted by atomic mass is 28.4. The van der Waals surface area contributed by atoms with Crippen LogP contribution in [-0.2, 0) is 4.12 Å². The van der Waals surface area contributed by atoms with Gasteiger partial charge in [-0.2, -0.15) is 0 Å². The molecule has 1 aromatic carbocycles. The summed E-state index contributed by atoms with van der Waals surface area (Å²) in [5.74, 6) is 0. The predicted octanol–water partition coefficient (Wildman–Crippen LogP) is 0.644. The highest BCUT2D eigenvalue weighted by Gasteiger charge is 2.34. The van der Waals surface area contributed by atoms with Crippen LogP contribution in [0, 0.1) is 0 Å². The lowest BCUT2D eigenvalue weighted by atomic mass is 10.4. The van der Waals surface area contributed by atoms with Crippen molar-refractivity contribution in [3.05, 3.63) is 30.3 Å². The number of benzene rings is 1. The van der Waals surface area contributed by atoms with Crippen LogP contribution >= 0.6 is 0 Å². The summed E-state index contributed by atoms with van der Waals surface area (Å²) in [7, 11) is -4.04. The van der Waals surface area contributed by atoms with Crippen molar-refractivity contribution in [1.82, 2.24) is 0 Å². The number of rotatable bonds is 4. The summed E-state index contributed by atoms with van der Waals surface area (Å²) >= 11 is 0. The molecule has 0 radical (unpaired) electrons. The number of hydrogen-bond acceptors (Lipinski definition) is 3. The second kappa shape index (κ2) is 4.59. The molecule has 3 nitrogen and oxygen atoms in total. The molecule has 1 aromatic rings. The standard InChI is InChI=1S/C10H20N2OSi2/c1-14(2,9-11)13-15(3,12)10-7-5-4-6-8-10/h4-8H,9,11-12H2,1-3H3. The molecule has 5 heteroatoms. The van der Waals surface area contributed by atoms with Crippen LogP contribution < -0.4 is 16.3 Å².